The van der Waals surface area contributed by atoms with E-state index in [0.29, 0.717) is 5.82 Å². The lowest BCUT2D eigenvalue weighted by Crippen LogP contribution is -2.26. The summed E-state index contributed by atoms with van der Waals surface area (Å²) < 4.78 is 0. The van der Waals surface area contributed by atoms with Crippen LogP contribution in [0.4, 0.5) is 11.8 Å². The first-order chi connectivity index (χ1) is 10.3. The molecule has 0 amide bonds. The van der Waals surface area contributed by atoms with Gasteiger partial charge in [0.1, 0.15) is 5.82 Å². The zero-order valence-corrected chi connectivity index (χ0v) is 12.5. The highest BCUT2D eigenvalue weighted by Gasteiger charge is 2.16. The number of nitrogens with zero attached hydrogens (tertiary/aromatic N) is 3. The van der Waals surface area contributed by atoms with E-state index in [-0.39, 0.29) is 0 Å². The lowest BCUT2D eigenvalue weighted by molar-refractivity contribution is 0.726. The molecule has 3 rings (SSSR count). The number of aromatic nitrogens is 2. The van der Waals surface area contributed by atoms with Crippen LogP contribution in [0.3, 0.4) is 0 Å². The molecular weight excluding hydrogens is 260 g/mol. The van der Waals surface area contributed by atoms with Crippen LogP contribution in [0.25, 0.3) is 11.1 Å². The summed E-state index contributed by atoms with van der Waals surface area (Å²) >= 11 is 0. The van der Waals surface area contributed by atoms with E-state index in [1.165, 1.54) is 25.7 Å². The molecule has 1 fully saturated rings. The maximum Gasteiger partial charge on any atom is 0.227 e. The molecule has 0 radical (unpaired) electrons. The standard InChI is InChI=1S/C17H22N4/c1-13-15(14-9-5-4-6-10-14)16(18)20-17(19-13)21-11-7-2-3-8-12-21/h4-6,9-10H,2-3,7-8,11-12H2,1H3,(H2,18,19,20). The van der Waals surface area contributed by atoms with Crippen LogP contribution in [0.1, 0.15) is 31.4 Å². The zero-order chi connectivity index (χ0) is 14.7. The van der Waals surface area contributed by atoms with Gasteiger partial charge in [0.2, 0.25) is 5.95 Å². The summed E-state index contributed by atoms with van der Waals surface area (Å²) in [6.45, 7) is 4.08. The molecule has 2 heterocycles. The maximum absolute atomic E-state index is 6.22. The number of nitrogens with two attached hydrogens (primary N) is 1. The van der Waals surface area contributed by atoms with Crippen molar-refractivity contribution in [1.29, 1.82) is 0 Å². The number of hydrogen-bond donors (Lipinski definition) is 1. The second kappa shape index (κ2) is 6.12. The average molecular weight is 282 g/mol. The Labute approximate surface area is 126 Å². The Morgan fingerprint density at radius 2 is 1.62 bits per heavy atom. The highest BCUT2D eigenvalue weighted by molar-refractivity contribution is 5.76. The lowest BCUT2D eigenvalue weighted by Gasteiger charge is -2.22. The van der Waals surface area contributed by atoms with E-state index in [9.17, 15) is 0 Å². The van der Waals surface area contributed by atoms with E-state index >= 15 is 0 Å². The fourth-order valence-electron chi connectivity index (χ4n) is 2.95. The number of benzene rings is 1. The van der Waals surface area contributed by atoms with Gasteiger partial charge in [0.05, 0.1) is 5.69 Å². The minimum atomic E-state index is 0.577. The molecule has 0 atom stereocenters. The topological polar surface area (TPSA) is 55.0 Å². The molecule has 2 aromatic rings. The van der Waals surface area contributed by atoms with Gasteiger partial charge in [-0.05, 0) is 25.3 Å². The van der Waals surface area contributed by atoms with Crippen LogP contribution < -0.4 is 10.6 Å². The van der Waals surface area contributed by atoms with E-state index in [2.05, 4.69) is 9.88 Å². The fraction of sp³-hybridized carbons (Fsp3) is 0.412. The van der Waals surface area contributed by atoms with Crippen LogP contribution in [-0.2, 0) is 0 Å². The second-order valence-corrected chi connectivity index (χ2v) is 5.64. The van der Waals surface area contributed by atoms with Crippen molar-refractivity contribution in [1.82, 2.24) is 9.97 Å². The molecule has 2 N–H and O–H groups in total. The van der Waals surface area contributed by atoms with Crippen molar-refractivity contribution in [3.8, 4) is 11.1 Å². The first kappa shape index (κ1) is 13.9. The minimum absolute atomic E-state index is 0.577. The predicted molar refractivity (Wildman–Crippen MR) is 87.3 cm³/mol. The third-order valence-corrected chi connectivity index (χ3v) is 4.06. The van der Waals surface area contributed by atoms with E-state index in [1.54, 1.807) is 0 Å². The fourth-order valence-corrected chi connectivity index (χ4v) is 2.95. The second-order valence-electron chi connectivity index (χ2n) is 5.64. The summed E-state index contributed by atoms with van der Waals surface area (Å²) in [5.41, 5.74) is 9.21. The number of nitrogen functional groups attached to an aromatic ring is 1. The van der Waals surface area contributed by atoms with Crippen molar-refractivity contribution in [2.75, 3.05) is 23.7 Å². The molecule has 1 aromatic carbocycles. The van der Waals surface area contributed by atoms with Crippen molar-refractivity contribution >= 4 is 11.8 Å². The van der Waals surface area contributed by atoms with Crippen LogP contribution in [0.15, 0.2) is 30.3 Å². The van der Waals surface area contributed by atoms with Crippen LogP contribution in [0.2, 0.25) is 0 Å². The summed E-state index contributed by atoms with van der Waals surface area (Å²) in [4.78, 5) is 11.5. The predicted octanol–water partition coefficient (Wildman–Crippen LogP) is 3.41. The van der Waals surface area contributed by atoms with Gasteiger partial charge in [-0.1, -0.05) is 43.2 Å². The first-order valence-corrected chi connectivity index (χ1v) is 7.70. The number of anilines is 2. The molecule has 1 aromatic heterocycles. The molecule has 1 saturated heterocycles. The Kier molecular flexibility index (Phi) is 4.04. The van der Waals surface area contributed by atoms with Gasteiger partial charge < -0.3 is 10.6 Å². The van der Waals surface area contributed by atoms with Crippen molar-refractivity contribution in [3.63, 3.8) is 0 Å². The summed E-state index contributed by atoms with van der Waals surface area (Å²) in [7, 11) is 0. The van der Waals surface area contributed by atoms with Crippen LogP contribution in [0, 0.1) is 6.92 Å². The Balaban J connectivity index is 1.96. The normalized spacial score (nSPS) is 15.8. The molecule has 110 valence electrons. The van der Waals surface area contributed by atoms with Gasteiger partial charge in [-0.3, -0.25) is 0 Å². The van der Waals surface area contributed by atoms with Gasteiger partial charge in [0.25, 0.3) is 0 Å². The molecule has 0 unspecified atom stereocenters. The quantitative estimate of drug-likeness (QED) is 0.917. The van der Waals surface area contributed by atoms with Crippen molar-refractivity contribution in [2.45, 2.75) is 32.6 Å². The Hall–Kier alpha value is -2.10. The molecule has 0 aliphatic carbocycles. The molecule has 4 nitrogen and oxygen atoms in total. The van der Waals surface area contributed by atoms with E-state index in [4.69, 9.17) is 10.7 Å². The molecule has 4 heteroatoms. The van der Waals surface area contributed by atoms with E-state index < -0.39 is 0 Å². The monoisotopic (exact) mass is 282 g/mol. The lowest BCUT2D eigenvalue weighted by atomic mass is 10.1. The van der Waals surface area contributed by atoms with Crippen molar-refractivity contribution in [2.24, 2.45) is 0 Å². The summed E-state index contributed by atoms with van der Waals surface area (Å²) in [5, 5.41) is 0. The molecule has 0 spiro atoms. The van der Waals surface area contributed by atoms with Gasteiger partial charge >= 0.3 is 0 Å². The van der Waals surface area contributed by atoms with E-state index in [1.807, 2.05) is 37.3 Å². The van der Waals surface area contributed by atoms with Gasteiger partial charge in [-0.25, -0.2) is 4.98 Å². The summed E-state index contributed by atoms with van der Waals surface area (Å²) in [6, 6.07) is 10.1. The zero-order valence-electron chi connectivity index (χ0n) is 12.5. The molecule has 21 heavy (non-hydrogen) atoms. The average Bonchev–Trinajstić information content (AvgIpc) is 2.76. The smallest absolute Gasteiger partial charge is 0.227 e. The summed E-state index contributed by atoms with van der Waals surface area (Å²) in [6.07, 6.45) is 5.02. The minimum Gasteiger partial charge on any atom is -0.383 e. The number of aryl methyl sites for hydroxylation is 1. The van der Waals surface area contributed by atoms with Crippen LogP contribution in [-0.4, -0.2) is 23.1 Å². The highest BCUT2D eigenvalue weighted by Crippen LogP contribution is 2.29. The van der Waals surface area contributed by atoms with E-state index in [0.717, 1.165) is 35.9 Å². The van der Waals surface area contributed by atoms with Crippen molar-refractivity contribution in [3.05, 3.63) is 36.0 Å². The number of rotatable bonds is 2. The molecular formula is C17H22N4. The summed E-state index contributed by atoms with van der Waals surface area (Å²) in [5.74, 6) is 1.36. The van der Waals surface area contributed by atoms with Gasteiger partial charge in [0, 0.05) is 18.7 Å². The van der Waals surface area contributed by atoms with Crippen LogP contribution >= 0.6 is 0 Å². The van der Waals surface area contributed by atoms with Gasteiger partial charge in [-0.15, -0.1) is 0 Å². The van der Waals surface area contributed by atoms with Gasteiger partial charge in [0.15, 0.2) is 0 Å². The van der Waals surface area contributed by atoms with Crippen molar-refractivity contribution < 1.29 is 0 Å². The number of hydrogen-bond acceptors (Lipinski definition) is 4. The first-order valence-electron chi connectivity index (χ1n) is 7.70. The molecule has 0 bridgehead atoms. The maximum atomic E-state index is 6.22. The third kappa shape index (κ3) is 2.99. The molecule has 0 saturated carbocycles. The molecule has 1 aliphatic heterocycles. The Bertz CT molecular complexity index is 578. The Morgan fingerprint density at radius 1 is 0.952 bits per heavy atom. The largest absolute Gasteiger partial charge is 0.383 e. The van der Waals surface area contributed by atoms with Crippen LogP contribution in [0.5, 0.6) is 0 Å². The third-order valence-electron chi connectivity index (χ3n) is 4.06. The SMILES string of the molecule is Cc1nc(N2CCCCCC2)nc(N)c1-c1ccccc1. The highest BCUT2D eigenvalue weighted by atomic mass is 15.3. The Morgan fingerprint density at radius 3 is 2.24 bits per heavy atom. The molecule has 1 aliphatic rings. The van der Waals surface area contributed by atoms with Gasteiger partial charge in [-0.2, -0.15) is 4.98 Å².